The van der Waals surface area contributed by atoms with Gasteiger partial charge in [0.2, 0.25) is 0 Å². The Morgan fingerprint density at radius 2 is 2.17 bits per heavy atom. The summed E-state index contributed by atoms with van der Waals surface area (Å²) in [7, 11) is 0. The molecular weight excluding hydrogens is 164 g/mol. The van der Waals surface area contributed by atoms with Gasteiger partial charge in [0.05, 0.1) is 6.04 Å². The Balaban J connectivity index is 2.52. The van der Waals surface area contributed by atoms with E-state index in [2.05, 4.69) is 0 Å². The van der Waals surface area contributed by atoms with Gasteiger partial charge in [0.1, 0.15) is 11.5 Å². The Kier molecular flexibility index (Phi) is 2.81. The monoisotopic (exact) mass is 175 g/mol. The lowest BCUT2D eigenvalue weighted by Crippen LogP contribution is -2.30. The first-order valence-corrected chi connectivity index (χ1v) is 3.68. The van der Waals surface area contributed by atoms with Crippen molar-refractivity contribution in [2.75, 3.05) is 0 Å². The van der Waals surface area contributed by atoms with Crippen molar-refractivity contribution in [2.24, 2.45) is 5.73 Å². The summed E-state index contributed by atoms with van der Waals surface area (Å²) in [5.74, 6) is 1.23. The van der Waals surface area contributed by atoms with Crippen LogP contribution in [0.3, 0.4) is 0 Å². The lowest BCUT2D eigenvalue weighted by molar-refractivity contribution is 0.113. The standard InChI is InChI=1S/C8H11F2NO/c1-5-2-3-6(12-5)4-7(11)8(9)10/h2-3,7-8H,4,11H2,1H3. The summed E-state index contributed by atoms with van der Waals surface area (Å²) in [6.07, 6.45) is -2.40. The number of alkyl halides is 2. The van der Waals surface area contributed by atoms with E-state index in [1.54, 1.807) is 19.1 Å². The molecule has 1 rings (SSSR count). The van der Waals surface area contributed by atoms with E-state index in [1.165, 1.54) is 0 Å². The molecule has 0 aliphatic carbocycles. The fourth-order valence-corrected chi connectivity index (χ4v) is 0.916. The van der Waals surface area contributed by atoms with E-state index < -0.39 is 12.5 Å². The quantitative estimate of drug-likeness (QED) is 0.759. The van der Waals surface area contributed by atoms with Crippen molar-refractivity contribution in [1.29, 1.82) is 0 Å². The number of hydrogen-bond acceptors (Lipinski definition) is 2. The van der Waals surface area contributed by atoms with Crippen LogP contribution in [0.1, 0.15) is 11.5 Å². The Morgan fingerprint density at radius 3 is 2.58 bits per heavy atom. The van der Waals surface area contributed by atoms with E-state index in [0.29, 0.717) is 11.5 Å². The Bertz CT molecular complexity index is 247. The molecule has 2 N–H and O–H groups in total. The SMILES string of the molecule is Cc1ccc(CC(N)C(F)F)o1. The van der Waals surface area contributed by atoms with E-state index in [1.807, 2.05) is 0 Å². The molecule has 4 heteroatoms. The number of rotatable bonds is 3. The van der Waals surface area contributed by atoms with Crippen LogP contribution in [0.25, 0.3) is 0 Å². The van der Waals surface area contributed by atoms with Gasteiger partial charge in [-0.05, 0) is 19.1 Å². The zero-order valence-electron chi connectivity index (χ0n) is 6.76. The van der Waals surface area contributed by atoms with Gasteiger partial charge in [-0.3, -0.25) is 0 Å². The number of hydrogen-bond donors (Lipinski definition) is 1. The molecule has 1 atom stereocenters. The molecule has 1 unspecified atom stereocenters. The lowest BCUT2D eigenvalue weighted by Gasteiger charge is -2.06. The minimum Gasteiger partial charge on any atom is -0.466 e. The summed E-state index contributed by atoms with van der Waals surface area (Å²) in [6.45, 7) is 1.76. The molecule has 0 aromatic carbocycles. The molecule has 12 heavy (non-hydrogen) atoms. The van der Waals surface area contributed by atoms with Crippen LogP contribution in [0.2, 0.25) is 0 Å². The molecule has 0 aliphatic rings. The van der Waals surface area contributed by atoms with Gasteiger partial charge in [-0.2, -0.15) is 0 Å². The largest absolute Gasteiger partial charge is 0.466 e. The zero-order chi connectivity index (χ0) is 9.14. The maximum atomic E-state index is 12.0. The number of aryl methyl sites for hydroxylation is 1. The van der Waals surface area contributed by atoms with Crippen LogP contribution < -0.4 is 5.73 Å². The van der Waals surface area contributed by atoms with Gasteiger partial charge in [-0.1, -0.05) is 0 Å². The van der Waals surface area contributed by atoms with Crippen molar-refractivity contribution in [3.8, 4) is 0 Å². The molecule has 0 aliphatic heterocycles. The highest BCUT2D eigenvalue weighted by Gasteiger charge is 2.16. The molecule has 0 radical (unpaired) electrons. The van der Waals surface area contributed by atoms with Gasteiger partial charge in [0.15, 0.2) is 0 Å². The third-order valence-electron chi connectivity index (χ3n) is 1.56. The van der Waals surface area contributed by atoms with Gasteiger partial charge < -0.3 is 10.2 Å². The summed E-state index contributed by atoms with van der Waals surface area (Å²) in [6, 6.07) is 2.26. The molecule has 0 saturated carbocycles. The van der Waals surface area contributed by atoms with Gasteiger partial charge in [0, 0.05) is 6.42 Å². The van der Waals surface area contributed by atoms with Crippen molar-refractivity contribution < 1.29 is 13.2 Å². The van der Waals surface area contributed by atoms with Crippen molar-refractivity contribution in [3.05, 3.63) is 23.7 Å². The smallest absolute Gasteiger partial charge is 0.253 e. The molecular formula is C8H11F2NO. The van der Waals surface area contributed by atoms with E-state index in [4.69, 9.17) is 10.2 Å². The van der Waals surface area contributed by atoms with Crippen LogP contribution >= 0.6 is 0 Å². The summed E-state index contributed by atoms with van der Waals surface area (Å²) in [5, 5.41) is 0. The van der Waals surface area contributed by atoms with Crippen molar-refractivity contribution in [2.45, 2.75) is 25.8 Å². The number of nitrogens with two attached hydrogens (primary N) is 1. The molecule has 1 aromatic heterocycles. The highest BCUT2D eigenvalue weighted by atomic mass is 19.3. The van der Waals surface area contributed by atoms with Gasteiger partial charge >= 0.3 is 0 Å². The Hall–Kier alpha value is -0.900. The Morgan fingerprint density at radius 1 is 1.50 bits per heavy atom. The molecule has 0 amide bonds. The Labute approximate surface area is 69.4 Å². The van der Waals surface area contributed by atoms with Gasteiger partial charge in [-0.15, -0.1) is 0 Å². The molecule has 1 heterocycles. The fourth-order valence-electron chi connectivity index (χ4n) is 0.916. The van der Waals surface area contributed by atoms with Crippen LogP contribution in [-0.2, 0) is 6.42 Å². The number of halogens is 2. The van der Waals surface area contributed by atoms with Crippen LogP contribution in [0.5, 0.6) is 0 Å². The molecule has 0 saturated heterocycles. The fraction of sp³-hybridized carbons (Fsp3) is 0.500. The average Bonchev–Trinajstić information content (AvgIpc) is 2.35. The summed E-state index contributed by atoms with van der Waals surface area (Å²) < 4.78 is 29.0. The van der Waals surface area contributed by atoms with Crippen molar-refractivity contribution in [1.82, 2.24) is 0 Å². The second kappa shape index (κ2) is 3.67. The second-order valence-electron chi connectivity index (χ2n) is 2.71. The third-order valence-corrected chi connectivity index (χ3v) is 1.56. The van der Waals surface area contributed by atoms with Crippen LogP contribution in [0.4, 0.5) is 8.78 Å². The van der Waals surface area contributed by atoms with E-state index in [0.717, 1.165) is 0 Å². The normalized spacial score (nSPS) is 13.8. The highest BCUT2D eigenvalue weighted by Crippen LogP contribution is 2.10. The first-order chi connectivity index (χ1) is 5.59. The lowest BCUT2D eigenvalue weighted by atomic mass is 10.2. The molecule has 0 spiro atoms. The summed E-state index contributed by atoms with van der Waals surface area (Å²) in [4.78, 5) is 0. The van der Waals surface area contributed by atoms with Gasteiger partial charge in [-0.25, -0.2) is 8.78 Å². The van der Waals surface area contributed by atoms with Crippen molar-refractivity contribution >= 4 is 0 Å². The number of furan rings is 1. The highest BCUT2D eigenvalue weighted by molar-refractivity contribution is 5.06. The zero-order valence-corrected chi connectivity index (χ0v) is 6.76. The summed E-state index contributed by atoms with van der Waals surface area (Å²) in [5.41, 5.74) is 5.15. The minimum absolute atomic E-state index is 0.0888. The maximum Gasteiger partial charge on any atom is 0.253 e. The first kappa shape index (κ1) is 9.19. The van der Waals surface area contributed by atoms with E-state index in [9.17, 15) is 8.78 Å². The van der Waals surface area contributed by atoms with Crippen LogP contribution in [0.15, 0.2) is 16.5 Å². The predicted octanol–water partition coefficient (Wildman–Crippen LogP) is 1.72. The first-order valence-electron chi connectivity index (χ1n) is 3.68. The molecule has 0 fully saturated rings. The third kappa shape index (κ3) is 2.30. The molecule has 68 valence electrons. The predicted molar refractivity (Wildman–Crippen MR) is 41.1 cm³/mol. The van der Waals surface area contributed by atoms with E-state index in [-0.39, 0.29) is 6.42 Å². The van der Waals surface area contributed by atoms with Crippen LogP contribution in [-0.4, -0.2) is 12.5 Å². The topological polar surface area (TPSA) is 39.2 Å². The van der Waals surface area contributed by atoms with Crippen LogP contribution in [0, 0.1) is 6.92 Å². The van der Waals surface area contributed by atoms with Crippen molar-refractivity contribution in [3.63, 3.8) is 0 Å². The molecule has 1 aromatic rings. The molecule has 2 nitrogen and oxygen atoms in total. The van der Waals surface area contributed by atoms with E-state index >= 15 is 0 Å². The van der Waals surface area contributed by atoms with Gasteiger partial charge in [0.25, 0.3) is 6.43 Å². The maximum absolute atomic E-state index is 12.0. The molecule has 0 bridgehead atoms. The minimum atomic E-state index is -2.49. The average molecular weight is 175 g/mol. The second-order valence-corrected chi connectivity index (χ2v) is 2.71. The summed E-state index contributed by atoms with van der Waals surface area (Å²) >= 11 is 0.